The van der Waals surface area contributed by atoms with E-state index in [1.165, 1.54) is 0 Å². The maximum absolute atomic E-state index is 5.24. The lowest BCUT2D eigenvalue weighted by molar-refractivity contribution is 0.497. The van der Waals surface area contributed by atoms with Crippen molar-refractivity contribution in [1.29, 1.82) is 0 Å². The molecule has 0 fully saturated rings. The molecule has 4 heteroatoms. The summed E-state index contributed by atoms with van der Waals surface area (Å²) in [6, 6.07) is 0. The SMILES string of the molecule is CCC(C)(C)C(C)=NNC(N)=S. The Kier molecular flexibility index (Phi) is 4.17. The summed E-state index contributed by atoms with van der Waals surface area (Å²) >= 11 is 4.63. The molecule has 3 N–H and O–H groups in total. The summed E-state index contributed by atoms with van der Waals surface area (Å²) < 4.78 is 0. The van der Waals surface area contributed by atoms with E-state index in [4.69, 9.17) is 5.73 Å². The zero-order valence-electron chi connectivity index (χ0n) is 8.14. The second-order valence-electron chi connectivity index (χ2n) is 3.41. The minimum absolute atomic E-state index is 0.109. The Labute approximate surface area is 79.4 Å². The molecule has 0 aliphatic carbocycles. The van der Waals surface area contributed by atoms with Crippen LogP contribution >= 0.6 is 12.2 Å². The first-order valence-electron chi connectivity index (χ1n) is 4.00. The summed E-state index contributed by atoms with van der Waals surface area (Å²) in [7, 11) is 0. The van der Waals surface area contributed by atoms with Gasteiger partial charge in [-0.3, -0.25) is 5.43 Å². The van der Waals surface area contributed by atoms with Crippen molar-refractivity contribution in [2.75, 3.05) is 0 Å². The molecule has 0 spiro atoms. The summed E-state index contributed by atoms with van der Waals surface area (Å²) in [5, 5.41) is 4.28. The average Bonchev–Trinajstić information content (AvgIpc) is 2.00. The molecule has 0 amide bonds. The smallest absolute Gasteiger partial charge is 0.184 e. The molecule has 0 heterocycles. The molecule has 0 bridgehead atoms. The van der Waals surface area contributed by atoms with Crippen LogP contribution in [0.2, 0.25) is 0 Å². The molecule has 0 aliphatic rings. The number of hydrogen-bond donors (Lipinski definition) is 2. The normalized spacial score (nSPS) is 12.8. The summed E-state index contributed by atoms with van der Waals surface area (Å²) in [5.41, 5.74) is 8.94. The van der Waals surface area contributed by atoms with Crippen molar-refractivity contribution in [3.8, 4) is 0 Å². The zero-order chi connectivity index (χ0) is 9.78. The Morgan fingerprint density at radius 1 is 1.58 bits per heavy atom. The third-order valence-electron chi connectivity index (χ3n) is 2.20. The zero-order valence-corrected chi connectivity index (χ0v) is 8.96. The molecule has 0 aromatic heterocycles. The molecule has 70 valence electrons. The van der Waals surface area contributed by atoms with Crippen molar-refractivity contribution in [2.24, 2.45) is 16.3 Å². The van der Waals surface area contributed by atoms with E-state index in [0.717, 1.165) is 12.1 Å². The van der Waals surface area contributed by atoms with Crippen LogP contribution in [-0.4, -0.2) is 10.8 Å². The fourth-order valence-corrected chi connectivity index (χ4v) is 0.592. The largest absolute Gasteiger partial charge is 0.375 e. The van der Waals surface area contributed by atoms with Crippen LogP contribution in [-0.2, 0) is 0 Å². The predicted octanol–water partition coefficient (Wildman–Crippen LogP) is 1.63. The highest BCUT2D eigenvalue weighted by molar-refractivity contribution is 7.80. The monoisotopic (exact) mass is 187 g/mol. The number of rotatable bonds is 3. The Balaban J connectivity index is 4.26. The van der Waals surface area contributed by atoms with Crippen LogP contribution in [0.3, 0.4) is 0 Å². The molecular weight excluding hydrogens is 170 g/mol. The van der Waals surface area contributed by atoms with Gasteiger partial charge in [-0.05, 0) is 25.6 Å². The van der Waals surface area contributed by atoms with Gasteiger partial charge in [0, 0.05) is 11.1 Å². The summed E-state index contributed by atoms with van der Waals surface area (Å²) in [6.45, 7) is 8.36. The quantitative estimate of drug-likeness (QED) is 0.401. The van der Waals surface area contributed by atoms with Crippen molar-refractivity contribution in [3.05, 3.63) is 0 Å². The van der Waals surface area contributed by atoms with Gasteiger partial charge in [0.2, 0.25) is 0 Å². The molecule has 0 aromatic carbocycles. The lowest BCUT2D eigenvalue weighted by Gasteiger charge is -2.21. The van der Waals surface area contributed by atoms with Gasteiger partial charge in [0.15, 0.2) is 5.11 Å². The van der Waals surface area contributed by atoms with Gasteiger partial charge in [0.25, 0.3) is 0 Å². The molecule has 0 aliphatic heterocycles. The van der Waals surface area contributed by atoms with Crippen molar-refractivity contribution in [2.45, 2.75) is 34.1 Å². The molecular formula is C8H17N3S. The number of hydrazone groups is 1. The number of nitrogens with zero attached hydrogens (tertiary/aromatic N) is 1. The standard InChI is InChI=1S/C8H17N3S/c1-5-8(3,4)6(2)10-11-7(9)12/h5H2,1-4H3,(H3,9,11,12). The fourth-order valence-electron chi connectivity index (χ4n) is 0.546. The van der Waals surface area contributed by atoms with Gasteiger partial charge in [-0.1, -0.05) is 20.8 Å². The molecule has 12 heavy (non-hydrogen) atoms. The van der Waals surface area contributed by atoms with Crippen LogP contribution in [0.25, 0.3) is 0 Å². The molecule has 0 aromatic rings. The second kappa shape index (κ2) is 4.40. The van der Waals surface area contributed by atoms with E-state index in [2.05, 4.69) is 43.5 Å². The molecule has 3 nitrogen and oxygen atoms in total. The van der Waals surface area contributed by atoms with Gasteiger partial charge < -0.3 is 5.73 Å². The van der Waals surface area contributed by atoms with Crippen LogP contribution in [0.1, 0.15) is 34.1 Å². The Bertz CT molecular complexity index is 196. The van der Waals surface area contributed by atoms with E-state index in [1.54, 1.807) is 0 Å². The highest BCUT2D eigenvalue weighted by Crippen LogP contribution is 2.21. The second-order valence-corrected chi connectivity index (χ2v) is 3.85. The van der Waals surface area contributed by atoms with Crippen LogP contribution in [0, 0.1) is 5.41 Å². The summed E-state index contributed by atoms with van der Waals surface area (Å²) in [5.74, 6) is 0. The Morgan fingerprint density at radius 3 is 2.42 bits per heavy atom. The van der Waals surface area contributed by atoms with E-state index >= 15 is 0 Å². The number of thiocarbonyl (C=S) groups is 1. The summed E-state index contributed by atoms with van der Waals surface area (Å²) in [6.07, 6.45) is 1.04. The fraction of sp³-hybridized carbons (Fsp3) is 0.750. The van der Waals surface area contributed by atoms with E-state index in [1.807, 2.05) is 6.92 Å². The maximum atomic E-state index is 5.24. The van der Waals surface area contributed by atoms with Gasteiger partial charge in [-0.25, -0.2) is 0 Å². The van der Waals surface area contributed by atoms with E-state index in [-0.39, 0.29) is 10.5 Å². The third-order valence-corrected chi connectivity index (χ3v) is 2.29. The lowest BCUT2D eigenvalue weighted by atomic mass is 9.86. The maximum Gasteiger partial charge on any atom is 0.184 e. The first-order valence-corrected chi connectivity index (χ1v) is 4.41. The first kappa shape index (κ1) is 11.4. The van der Waals surface area contributed by atoms with Crippen molar-refractivity contribution in [1.82, 2.24) is 5.43 Å². The predicted molar refractivity (Wildman–Crippen MR) is 57.1 cm³/mol. The first-order chi connectivity index (χ1) is 5.40. The third kappa shape index (κ3) is 3.67. The number of hydrogen-bond acceptors (Lipinski definition) is 2. The van der Waals surface area contributed by atoms with Crippen LogP contribution < -0.4 is 11.2 Å². The van der Waals surface area contributed by atoms with Gasteiger partial charge in [-0.15, -0.1) is 0 Å². The number of nitrogens with one attached hydrogen (secondary N) is 1. The molecule has 0 atom stereocenters. The van der Waals surface area contributed by atoms with Gasteiger partial charge in [0.05, 0.1) is 0 Å². The minimum atomic E-state index is 0.109. The topological polar surface area (TPSA) is 50.4 Å². The minimum Gasteiger partial charge on any atom is -0.375 e. The molecule has 0 radical (unpaired) electrons. The average molecular weight is 187 g/mol. The van der Waals surface area contributed by atoms with Crippen molar-refractivity contribution < 1.29 is 0 Å². The Hall–Kier alpha value is -0.640. The van der Waals surface area contributed by atoms with Crippen LogP contribution in [0.4, 0.5) is 0 Å². The van der Waals surface area contributed by atoms with Crippen LogP contribution in [0.15, 0.2) is 5.10 Å². The van der Waals surface area contributed by atoms with E-state index in [0.29, 0.717) is 0 Å². The van der Waals surface area contributed by atoms with Crippen LogP contribution in [0.5, 0.6) is 0 Å². The highest BCUT2D eigenvalue weighted by Gasteiger charge is 2.18. The van der Waals surface area contributed by atoms with E-state index in [9.17, 15) is 0 Å². The van der Waals surface area contributed by atoms with Crippen molar-refractivity contribution >= 4 is 23.0 Å². The molecule has 0 unspecified atom stereocenters. The Morgan fingerprint density at radius 2 is 2.08 bits per heavy atom. The van der Waals surface area contributed by atoms with E-state index < -0.39 is 0 Å². The van der Waals surface area contributed by atoms with Gasteiger partial charge in [-0.2, -0.15) is 5.10 Å². The molecule has 0 rings (SSSR count). The van der Waals surface area contributed by atoms with Gasteiger partial charge >= 0.3 is 0 Å². The molecule has 0 saturated heterocycles. The molecule has 0 saturated carbocycles. The lowest BCUT2D eigenvalue weighted by Crippen LogP contribution is -2.29. The van der Waals surface area contributed by atoms with Gasteiger partial charge in [0.1, 0.15) is 0 Å². The number of nitrogens with two attached hydrogens (primary N) is 1. The highest BCUT2D eigenvalue weighted by atomic mass is 32.1. The van der Waals surface area contributed by atoms with Crippen molar-refractivity contribution in [3.63, 3.8) is 0 Å². The summed E-state index contributed by atoms with van der Waals surface area (Å²) in [4.78, 5) is 0.